The molecule has 0 aliphatic heterocycles. The Morgan fingerprint density at radius 1 is 0.378 bits per heavy atom. The first-order valence-electron chi connectivity index (χ1n) is 15.4. The molecule has 0 fully saturated rings. The molecule has 10 rings (SSSR count). The summed E-state index contributed by atoms with van der Waals surface area (Å²) in [7, 11) is 0. The number of aromatic nitrogens is 2. The molecule has 3 heteroatoms. The normalized spacial score (nSPS) is 12.0. The van der Waals surface area contributed by atoms with Gasteiger partial charge in [0.15, 0.2) is 0 Å². The number of nitrogens with zero attached hydrogens (tertiary/aromatic N) is 2. The molecular weight excluding hydrogens is 565 g/mol. The van der Waals surface area contributed by atoms with Gasteiger partial charge in [0, 0.05) is 58.7 Å². The van der Waals surface area contributed by atoms with E-state index in [1.54, 1.807) is 0 Å². The third-order valence-corrected chi connectivity index (χ3v) is 10.5. The lowest BCUT2D eigenvalue weighted by atomic mass is 9.97. The lowest BCUT2D eigenvalue weighted by Crippen LogP contribution is -1.96. The molecule has 45 heavy (non-hydrogen) atoms. The number of fused-ring (bicyclic) bond motifs is 9. The molecule has 0 spiro atoms. The van der Waals surface area contributed by atoms with Gasteiger partial charge in [-0.05, 0) is 66.2 Å². The minimum atomic E-state index is 1.17. The van der Waals surface area contributed by atoms with Crippen molar-refractivity contribution in [2.75, 3.05) is 0 Å². The van der Waals surface area contributed by atoms with E-state index in [0.717, 1.165) is 0 Å². The zero-order valence-corrected chi connectivity index (χ0v) is 25.1. The van der Waals surface area contributed by atoms with Gasteiger partial charge in [-0.2, -0.15) is 0 Å². The summed E-state index contributed by atoms with van der Waals surface area (Å²) in [5, 5.41) is 7.73. The van der Waals surface area contributed by atoms with Crippen LogP contribution in [0.5, 0.6) is 0 Å². The van der Waals surface area contributed by atoms with Crippen LogP contribution in [0.2, 0.25) is 0 Å². The van der Waals surface area contributed by atoms with Crippen molar-refractivity contribution in [2.45, 2.75) is 0 Å². The zero-order chi connectivity index (χ0) is 29.5. The number of benzene rings is 7. The minimum Gasteiger partial charge on any atom is -0.309 e. The molecule has 2 nitrogen and oxygen atoms in total. The topological polar surface area (TPSA) is 9.86 Å². The maximum Gasteiger partial charge on any atom is 0.0634 e. The zero-order valence-electron chi connectivity index (χ0n) is 24.3. The molecule has 0 unspecified atom stereocenters. The number of thiophene rings is 1. The summed E-state index contributed by atoms with van der Waals surface area (Å²) in [6.07, 6.45) is 0. The quantitative estimate of drug-likeness (QED) is 0.194. The Labute approximate surface area is 263 Å². The maximum absolute atomic E-state index is 2.47. The molecule has 0 aliphatic carbocycles. The average Bonchev–Trinajstić information content (AvgIpc) is 3.75. The van der Waals surface area contributed by atoms with E-state index >= 15 is 0 Å². The van der Waals surface area contributed by atoms with E-state index in [9.17, 15) is 0 Å². The van der Waals surface area contributed by atoms with Gasteiger partial charge in [0.25, 0.3) is 0 Å². The fourth-order valence-electron chi connectivity index (χ4n) is 7.40. The lowest BCUT2D eigenvalue weighted by molar-refractivity contribution is 1.18. The van der Waals surface area contributed by atoms with E-state index in [1.807, 2.05) is 11.3 Å². The first-order chi connectivity index (χ1) is 22.3. The van der Waals surface area contributed by atoms with Crippen LogP contribution in [0.25, 0.3) is 86.3 Å². The minimum absolute atomic E-state index is 1.17. The molecule has 210 valence electrons. The molecule has 3 aromatic heterocycles. The largest absolute Gasteiger partial charge is 0.309 e. The van der Waals surface area contributed by atoms with E-state index in [-0.39, 0.29) is 0 Å². The summed E-state index contributed by atoms with van der Waals surface area (Å²) >= 11 is 1.90. The van der Waals surface area contributed by atoms with Crippen LogP contribution in [0.1, 0.15) is 0 Å². The van der Waals surface area contributed by atoms with Crippen molar-refractivity contribution in [3.05, 3.63) is 158 Å². The molecule has 0 bridgehead atoms. The van der Waals surface area contributed by atoms with Gasteiger partial charge >= 0.3 is 0 Å². The van der Waals surface area contributed by atoms with Crippen molar-refractivity contribution >= 4 is 75.1 Å². The van der Waals surface area contributed by atoms with Crippen molar-refractivity contribution in [3.63, 3.8) is 0 Å². The molecule has 0 saturated carbocycles. The fourth-order valence-corrected chi connectivity index (χ4v) is 8.65. The van der Waals surface area contributed by atoms with Crippen molar-refractivity contribution in [1.82, 2.24) is 9.13 Å². The van der Waals surface area contributed by atoms with Gasteiger partial charge in [-0.3, -0.25) is 0 Å². The van der Waals surface area contributed by atoms with Gasteiger partial charge in [0.1, 0.15) is 0 Å². The summed E-state index contributed by atoms with van der Waals surface area (Å²) in [5.41, 5.74) is 9.80. The molecule has 0 saturated heterocycles. The summed E-state index contributed by atoms with van der Waals surface area (Å²) in [6.45, 7) is 0. The SMILES string of the molecule is c1ccc(-n2c3ccccc3c3cc(-c4c5sc6ccccc6c5cc5c6ccccc6n(-c6ccccc6)c45)ccc32)cc1. The second-order valence-electron chi connectivity index (χ2n) is 11.7. The van der Waals surface area contributed by atoms with E-state index < -0.39 is 0 Å². The number of hydrogen-bond donors (Lipinski definition) is 0. The highest BCUT2D eigenvalue weighted by atomic mass is 32.1. The van der Waals surface area contributed by atoms with Crippen LogP contribution in [0.15, 0.2) is 158 Å². The Morgan fingerprint density at radius 2 is 0.933 bits per heavy atom. The number of para-hydroxylation sites is 4. The molecule has 0 N–H and O–H groups in total. The maximum atomic E-state index is 2.47. The van der Waals surface area contributed by atoms with Gasteiger partial charge in [-0.15, -0.1) is 11.3 Å². The first kappa shape index (κ1) is 24.8. The summed E-state index contributed by atoms with van der Waals surface area (Å²) in [6, 6.07) is 57.6. The van der Waals surface area contributed by atoms with Crippen LogP contribution in [0.4, 0.5) is 0 Å². The van der Waals surface area contributed by atoms with Gasteiger partial charge in [0.05, 0.1) is 22.1 Å². The summed E-state index contributed by atoms with van der Waals surface area (Å²) in [5.74, 6) is 0. The highest BCUT2D eigenvalue weighted by molar-refractivity contribution is 7.26. The van der Waals surface area contributed by atoms with Crippen molar-refractivity contribution in [2.24, 2.45) is 0 Å². The van der Waals surface area contributed by atoms with Gasteiger partial charge in [-0.25, -0.2) is 0 Å². The van der Waals surface area contributed by atoms with Crippen LogP contribution in [0.3, 0.4) is 0 Å². The van der Waals surface area contributed by atoms with Crippen molar-refractivity contribution < 1.29 is 0 Å². The Bertz CT molecular complexity index is 2740. The Morgan fingerprint density at radius 3 is 1.67 bits per heavy atom. The van der Waals surface area contributed by atoms with Gasteiger partial charge < -0.3 is 9.13 Å². The third-order valence-electron chi connectivity index (χ3n) is 9.29. The molecule has 7 aromatic carbocycles. The Balaban J connectivity index is 1.40. The van der Waals surface area contributed by atoms with E-state index in [2.05, 4.69) is 167 Å². The molecule has 0 amide bonds. The predicted octanol–water partition coefficient (Wildman–Crippen LogP) is 11.9. The molecule has 0 aliphatic rings. The molecular formula is C42H26N2S. The summed E-state index contributed by atoms with van der Waals surface area (Å²) < 4.78 is 7.51. The highest BCUT2D eigenvalue weighted by Crippen LogP contribution is 2.48. The highest BCUT2D eigenvalue weighted by Gasteiger charge is 2.23. The third kappa shape index (κ3) is 3.50. The smallest absolute Gasteiger partial charge is 0.0634 e. The van der Waals surface area contributed by atoms with Gasteiger partial charge in [-0.1, -0.05) is 97.1 Å². The van der Waals surface area contributed by atoms with Crippen LogP contribution in [0, 0.1) is 0 Å². The molecule has 10 aromatic rings. The fraction of sp³-hybridized carbons (Fsp3) is 0. The van der Waals surface area contributed by atoms with Crippen molar-refractivity contribution in [3.8, 4) is 22.5 Å². The Hall–Kier alpha value is -5.64. The monoisotopic (exact) mass is 590 g/mol. The van der Waals surface area contributed by atoms with E-state index in [0.29, 0.717) is 0 Å². The second-order valence-corrected chi connectivity index (χ2v) is 12.8. The van der Waals surface area contributed by atoms with Crippen LogP contribution in [-0.2, 0) is 0 Å². The van der Waals surface area contributed by atoms with Crippen LogP contribution in [-0.4, -0.2) is 9.13 Å². The molecule has 0 radical (unpaired) electrons. The Kier molecular flexibility index (Phi) is 5.19. The second kappa shape index (κ2) is 9.43. The standard InChI is InChI=1S/C42H26N2S/c1-3-13-28(14-4-1)43-36-20-10-7-17-30(36)33-25-27(23-24-38(33)43)40-41-34(26-35-32-19-9-12-22-39(32)45-42(35)40)31-18-8-11-21-37(31)44(41)29-15-5-2-6-16-29/h1-26H. The van der Waals surface area contributed by atoms with E-state index in [1.165, 1.54) is 86.3 Å². The van der Waals surface area contributed by atoms with Crippen molar-refractivity contribution in [1.29, 1.82) is 0 Å². The van der Waals surface area contributed by atoms with Crippen LogP contribution < -0.4 is 0 Å². The average molecular weight is 591 g/mol. The van der Waals surface area contributed by atoms with E-state index in [4.69, 9.17) is 0 Å². The van der Waals surface area contributed by atoms with Crippen LogP contribution >= 0.6 is 11.3 Å². The number of rotatable bonds is 3. The predicted molar refractivity (Wildman–Crippen MR) is 193 cm³/mol. The lowest BCUT2D eigenvalue weighted by Gasteiger charge is -2.13. The van der Waals surface area contributed by atoms with Gasteiger partial charge in [0.2, 0.25) is 0 Å². The first-order valence-corrected chi connectivity index (χ1v) is 16.2. The number of hydrogen-bond acceptors (Lipinski definition) is 1. The molecule has 3 heterocycles. The summed E-state index contributed by atoms with van der Waals surface area (Å²) in [4.78, 5) is 0. The molecule has 0 atom stereocenters.